The second kappa shape index (κ2) is 8.25. The lowest BCUT2D eigenvalue weighted by molar-refractivity contribution is 0.00166. The fraction of sp³-hybridized carbons (Fsp3) is 0.556. The molecule has 2 heterocycles. The molecule has 2 aliphatic heterocycles. The van der Waals surface area contributed by atoms with E-state index in [2.05, 4.69) is 16.3 Å². The van der Waals surface area contributed by atoms with Crippen molar-refractivity contribution in [1.29, 1.82) is 5.26 Å². The van der Waals surface area contributed by atoms with Gasteiger partial charge in [0.2, 0.25) is 0 Å². The number of hydrogen-bond donors (Lipinski definition) is 1. The standard InChI is InChI=1S/C18H23N3O3/c19-11-14-1-3-15(4-2-14)18(22)20-12-17(16-5-8-24-13-16)21-6-9-23-10-7-21/h1-4,16-17H,5-10,12-13H2,(H,20,22). The SMILES string of the molecule is N#Cc1ccc(C(=O)NCC(C2CCOC2)N2CCOCC2)cc1. The van der Waals surface area contributed by atoms with Gasteiger partial charge < -0.3 is 14.8 Å². The average molecular weight is 329 g/mol. The van der Waals surface area contributed by atoms with Crippen LogP contribution in [0.4, 0.5) is 0 Å². The predicted octanol–water partition coefficient (Wildman–Crippen LogP) is 1.03. The normalized spacial score (nSPS) is 22.7. The van der Waals surface area contributed by atoms with Gasteiger partial charge in [-0.25, -0.2) is 0 Å². The molecule has 24 heavy (non-hydrogen) atoms. The van der Waals surface area contributed by atoms with E-state index in [0.717, 1.165) is 45.9 Å². The lowest BCUT2D eigenvalue weighted by atomic mass is 9.96. The van der Waals surface area contributed by atoms with E-state index in [0.29, 0.717) is 23.6 Å². The van der Waals surface area contributed by atoms with Gasteiger partial charge in [0.05, 0.1) is 31.5 Å². The number of ether oxygens (including phenoxy) is 2. The summed E-state index contributed by atoms with van der Waals surface area (Å²) in [6.45, 7) is 5.44. The monoisotopic (exact) mass is 329 g/mol. The zero-order chi connectivity index (χ0) is 16.8. The summed E-state index contributed by atoms with van der Waals surface area (Å²) in [7, 11) is 0. The molecule has 2 aliphatic rings. The van der Waals surface area contributed by atoms with Gasteiger partial charge in [0.15, 0.2) is 0 Å². The van der Waals surface area contributed by atoms with Crippen LogP contribution in [-0.4, -0.2) is 62.9 Å². The molecular weight excluding hydrogens is 306 g/mol. The van der Waals surface area contributed by atoms with Gasteiger partial charge in [-0.05, 0) is 30.7 Å². The smallest absolute Gasteiger partial charge is 0.251 e. The summed E-state index contributed by atoms with van der Waals surface area (Å²) in [6, 6.07) is 9.05. The highest BCUT2D eigenvalue weighted by atomic mass is 16.5. The Bertz CT molecular complexity index is 585. The first kappa shape index (κ1) is 16.9. The number of hydrogen-bond acceptors (Lipinski definition) is 5. The molecule has 6 nitrogen and oxygen atoms in total. The number of nitriles is 1. The molecule has 0 spiro atoms. The molecule has 0 bridgehead atoms. The number of carbonyl (C=O) groups excluding carboxylic acids is 1. The predicted molar refractivity (Wildman–Crippen MR) is 88.6 cm³/mol. The molecule has 1 aromatic carbocycles. The van der Waals surface area contributed by atoms with Crippen molar-refractivity contribution in [3.05, 3.63) is 35.4 Å². The van der Waals surface area contributed by atoms with Gasteiger partial charge >= 0.3 is 0 Å². The summed E-state index contributed by atoms with van der Waals surface area (Å²) < 4.78 is 11.0. The summed E-state index contributed by atoms with van der Waals surface area (Å²) in [5.41, 5.74) is 1.14. The lowest BCUT2D eigenvalue weighted by Crippen LogP contribution is -2.52. The molecule has 1 N–H and O–H groups in total. The molecule has 0 aliphatic carbocycles. The Morgan fingerprint density at radius 3 is 2.62 bits per heavy atom. The fourth-order valence-electron chi connectivity index (χ4n) is 3.35. The van der Waals surface area contributed by atoms with Gasteiger partial charge in [-0.1, -0.05) is 0 Å². The van der Waals surface area contributed by atoms with Crippen molar-refractivity contribution < 1.29 is 14.3 Å². The average Bonchev–Trinajstić information content (AvgIpc) is 3.17. The molecule has 128 valence electrons. The van der Waals surface area contributed by atoms with Crippen LogP contribution in [0.3, 0.4) is 0 Å². The second-order valence-corrected chi connectivity index (χ2v) is 6.24. The molecule has 2 saturated heterocycles. The highest BCUT2D eigenvalue weighted by Gasteiger charge is 2.31. The number of amides is 1. The zero-order valence-electron chi connectivity index (χ0n) is 13.7. The Kier molecular flexibility index (Phi) is 5.81. The number of nitrogens with one attached hydrogen (secondary N) is 1. The van der Waals surface area contributed by atoms with Crippen LogP contribution in [0.1, 0.15) is 22.3 Å². The van der Waals surface area contributed by atoms with E-state index in [-0.39, 0.29) is 11.9 Å². The van der Waals surface area contributed by atoms with Gasteiger partial charge in [-0.2, -0.15) is 5.26 Å². The van der Waals surface area contributed by atoms with Crippen LogP contribution in [0.2, 0.25) is 0 Å². The summed E-state index contributed by atoms with van der Waals surface area (Å²) in [5, 5.41) is 11.9. The molecule has 0 aromatic heterocycles. The zero-order valence-corrected chi connectivity index (χ0v) is 13.7. The molecule has 0 saturated carbocycles. The van der Waals surface area contributed by atoms with E-state index in [4.69, 9.17) is 14.7 Å². The quantitative estimate of drug-likeness (QED) is 0.873. The fourth-order valence-corrected chi connectivity index (χ4v) is 3.35. The van der Waals surface area contributed by atoms with E-state index in [1.807, 2.05) is 0 Å². The Labute approximate surface area is 142 Å². The summed E-state index contributed by atoms with van der Waals surface area (Å²) in [4.78, 5) is 14.8. The van der Waals surface area contributed by atoms with Gasteiger partial charge in [0.1, 0.15) is 0 Å². The summed E-state index contributed by atoms with van der Waals surface area (Å²) in [5.74, 6) is 0.348. The Morgan fingerprint density at radius 1 is 1.25 bits per heavy atom. The van der Waals surface area contributed by atoms with Crippen LogP contribution in [0.5, 0.6) is 0 Å². The van der Waals surface area contributed by atoms with Crippen LogP contribution in [0, 0.1) is 17.2 Å². The molecule has 2 atom stereocenters. The first-order valence-corrected chi connectivity index (χ1v) is 8.46. The van der Waals surface area contributed by atoms with Gasteiger partial charge in [-0.15, -0.1) is 0 Å². The van der Waals surface area contributed by atoms with E-state index in [1.165, 1.54) is 0 Å². The minimum absolute atomic E-state index is 0.100. The van der Waals surface area contributed by atoms with E-state index in [9.17, 15) is 4.79 Å². The first-order chi connectivity index (χ1) is 11.8. The molecule has 2 unspecified atom stereocenters. The van der Waals surface area contributed by atoms with Crippen LogP contribution >= 0.6 is 0 Å². The Hall–Kier alpha value is -1.94. The van der Waals surface area contributed by atoms with E-state index < -0.39 is 0 Å². The minimum atomic E-state index is -0.100. The van der Waals surface area contributed by atoms with Crippen LogP contribution in [0.15, 0.2) is 24.3 Å². The third kappa shape index (κ3) is 4.12. The molecule has 2 fully saturated rings. The number of nitrogens with zero attached hydrogens (tertiary/aromatic N) is 2. The minimum Gasteiger partial charge on any atom is -0.381 e. The van der Waals surface area contributed by atoms with Crippen molar-refractivity contribution >= 4 is 5.91 Å². The molecule has 3 rings (SSSR count). The maximum absolute atomic E-state index is 12.4. The van der Waals surface area contributed by atoms with Crippen LogP contribution < -0.4 is 5.32 Å². The van der Waals surface area contributed by atoms with Gasteiger partial charge in [-0.3, -0.25) is 9.69 Å². The highest BCUT2D eigenvalue weighted by Crippen LogP contribution is 2.22. The summed E-state index contributed by atoms with van der Waals surface area (Å²) in [6.07, 6.45) is 1.04. The van der Waals surface area contributed by atoms with Crippen molar-refractivity contribution in [1.82, 2.24) is 10.2 Å². The van der Waals surface area contributed by atoms with Crippen LogP contribution in [0.25, 0.3) is 0 Å². The van der Waals surface area contributed by atoms with Gasteiger partial charge in [0, 0.05) is 43.8 Å². The number of benzene rings is 1. The lowest BCUT2D eigenvalue weighted by Gasteiger charge is -2.37. The summed E-state index contributed by atoms with van der Waals surface area (Å²) >= 11 is 0. The molecule has 1 aromatic rings. The van der Waals surface area contributed by atoms with Crippen molar-refractivity contribution in [2.24, 2.45) is 5.92 Å². The first-order valence-electron chi connectivity index (χ1n) is 8.46. The Morgan fingerprint density at radius 2 is 2.00 bits per heavy atom. The van der Waals surface area contributed by atoms with Crippen molar-refractivity contribution in [3.63, 3.8) is 0 Å². The molecule has 0 radical (unpaired) electrons. The van der Waals surface area contributed by atoms with E-state index >= 15 is 0 Å². The number of carbonyl (C=O) groups is 1. The largest absolute Gasteiger partial charge is 0.381 e. The maximum Gasteiger partial charge on any atom is 0.251 e. The topological polar surface area (TPSA) is 74.6 Å². The van der Waals surface area contributed by atoms with E-state index in [1.54, 1.807) is 24.3 Å². The van der Waals surface area contributed by atoms with Gasteiger partial charge in [0.25, 0.3) is 5.91 Å². The van der Waals surface area contributed by atoms with Crippen molar-refractivity contribution in [2.45, 2.75) is 12.5 Å². The highest BCUT2D eigenvalue weighted by molar-refractivity contribution is 5.94. The number of rotatable bonds is 5. The number of morpholine rings is 1. The van der Waals surface area contributed by atoms with Crippen LogP contribution in [-0.2, 0) is 9.47 Å². The third-order valence-corrected chi connectivity index (χ3v) is 4.77. The second-order valence-electron chi connectivity index (χ2n) is 6.24. The maximum atomic E-state index is 12.4. The molecule has 1 amide bonds. The van der Waals surface area contributed by atoms with Crippen molar-refractivity contribution in [2.75, 3.05) is 46.1 Å². The molecular formula is C18H23N3O3. The molecule has 6 heteroatoms. The van der Waals surface area contributed by atoms with Crippen molar-refractivity contribution in [3.8, 4) is 6.07 Å². The third-order valence-electron chi connectivity index (χ3n) is 4.77. The Balaban J connectivity index is 1.61.